The second-order valence-corrected chi connectivity index (χ2v) is 2.25. The predicted molar refractivity (Wildman–Crippen MR) is 50.8 cm³/mol. The number of alkyl halides is 2. The first kappa shape index (κ1) is 12.9. The van der Waals surface area contributed by atoms with Gasteiger partial charge in [0.25, 0.3) is 0 Å². The van der Waals surface area contributed by atoms with Crippen LogP contribution in [0.4, 0.5) is 8.78 Å². The van der Waals surface area contributed by atoms with Gasteiger partial charge in [0, 0.05) is 6.07 Å². The van der Waals surface area contributed by atoms with Crippen LogP contribution in [-0.2, 0) is 6.42 Å². The first-order valence-electron chi connectivity index (χ1n) is 4.59. The summed E-state index contributed by atoms with van der Waals surface area (Å²) in [7, 11) is 1.34. The zero-order chi connectivity index (χ0) is 11.1. The van der Waals surface area contributed by atoms with Gasteiger partial charge in [-0.25, -0.2) is 0 Å². The number of hydrogen-bond acceptors (Lipinski definition) is 2. The molecule has 82 valence electrons. The molecule has 0 aliphatic rings. The standard InChI is InChI=1S/C7H10F2N2O.C2H6/c1-3-5-4-6(12-2)11(10-5)7(8)9;1-2/h4,7H,3H2,1-2H3;1-2H3. The van der Waals surface area contributed by atoms with Crippen molar-refractivity contribution in [2.24, 2.45) is 0 Å². The van der Waals surface area contributed by atoms with Crippen molar-refractivity contribution in [3.8, 4) is 5.88 Å². The molecule has 0 fully saturated rings. The van der Waals surface area contributed by atoms with Crippen molar-refractivity contribution in [3.05, 3.63) is 11.8 Å². The number of rotatable bonds is 3. The van der Waals surface area contributed by atoms with Crippen LogP contribution in [0.3, 0.4) is 0 Å². The number of hydrogen-bond donors (Lipinski definition) is 0. The highest BCUT2D eigenvalue weighted by Crippen LogP contribution is 2.20. The fourth-order valence-electron chi connectivity index (χ4n) is 0.890. The lowest BCUT2D eigenvalue weighted by Crippen LogP contribution is -2.03. The maximum atomic E-state index is 12.2. The van der Waals surface area contributed by atoms with Crippen LogP contribution in [0.5, 0.6) is 5.88 Å². The molecule has 0 amide bonds. The first-order valence-corrected chi connectivity index (χ1v) is 4.59. The molecular formula is C9H16F2N2O. The van der Waals surface area contributed by atoms with E-state index in [-0.39, 0.29) is 5.88 Å². The lowest BCUT2D eigenvalue weighted by Gasteiger charge is -2.02. The van der Waals surface area contributed by atoms with Gasteiger partial charge >= 0.3 is 6.55 Å². The summed E-state index contributed by atoms with van der Waals surface area (Å²) < 4.78 is 29.6. The highest BCUT2D eigenvalue weighted by Gasteiger charge is 2.14. The second kappa shape index (κ2) is 6.34. The van der Waals surface area contributed by atoms with Crippen molar-refractivity contribution in [1.82, 2.24) is 9.78 Å². The fraction of sp³-hybridized carbons (Fsp3) is 0.667. The molecule has 3 nitrogen and oxygen atoms in total. The van der Waals surface area contributed by atoms with Gasteiger partial charge in [0.15, 0.2) is 0 Å². The van der Waals surface area contributed by atoms with Crippen LogP contribution in [-0.4, -0.2) is 16.9 Å². The average molecular weight is 206 g/mol. The zero-order valence-electron chi connectivity index (χ0n) is 8.92. The summed E-state index contributed by atoms with van der Waals surface area (Å²) in [5.41, 5.74) is 0.604. The van der Waals surface area contributed by atoms with E-state index >= 15 is 0 Å². The van der Waals surface area contributed by atoms with Crippen LogP contribution in [0, 0.1) is 0 Å². The number of methoxy groups -OCH3 is 1. The van der Waals surface area contributed by atoms with E-state index in [2.05, 4.69) is 5.10 Å². The number of aromatic nitrogens is 2. The van der Waals surface area contributed by atoms with E-state index in [1.54, 1.807) is 0 Å². The SMILES string of the molecule is CC.CCc1cc(OC)n(C(F)F)n1. The topological polar surface area (TPSA) is 27.1 Å². The number of aryl methyl sites for hydroxylation is 1. The minimum Gasteiger partial charge on any atom is -0.481 e. The minimum atomic E-state index is -2.64. The maximum Gasteiger partial charge on any atom is 0.336 e. The molecule has 0 aliphatic heterocycles. The molecular weight excluding hydrogens is 190 g/mol. The van der Waals surface area contributed by atoms with Crippen LogP contribution in [0.15, 0.2) is 6.07 Å². The van der Waals surface area contributed by atoms with Crippen LogP contribution in [0.1, 0.15) is 33.0 Å². The van der Waals surface area contributed by atoms with Crippen molar-refractivity contribution in [1.29, 1.82) is 0 Å². The van der Waals surface area contributed by atoms with Crippen LogP contribution in [0.25, 0.3) is 0 Å². The van der Waals surface area contributed by atoms with Crippen molar-refractivity contribution in [3.63, 3.8) is 0 Å². The van der Waals surface area contributed by atoms with E-state index in [0.29, 0.717) is 16.8 Å². The molecule has 0 radical (unpaired) electrons. The van der Waals surface area contributed by atoms with E-state index in [9.17, 15) is 8.78 Å². The Bertz CT molecular complexity index is 261. The van der Waals surface area contributed by atoms with Crippen LogP contribution >= 0.6 is 0 Å². The van der Waals surface area contributed by atoms with Crippen LogP contribution in [0.2, 0.25) is 0 Å². The van der Waals surface area contributed by atoms with E-state index in [4.69, 9.17) is 4.74 Å². The van der Waals surface area contributed by atoms with E-state index in [1.165, 1.54) is 13.2 Å². The highest BCUT2D eigenvalue weighted by molar-refractivity contribution is 5.16. The summed E-state index contributed by atoms with van der Waals surface area (Å²) in [5, 5.41) is 3.64. The third kappa shape index (κ3) is 2.97. The summed E-state index contributed by atoms with van der Waals surface area (Å²) in [6.45, 7) is 3.21. The summed E-state index contributed by atoms with van der Waals surface area (Å²) >= 11 is 0. The van der Waals surface area contributed by atoms with Gasteiger partial charge in [-0.05, 0) is 6.42 Å². The third-order valence-electron chi connectivity index (χ3n) is 1.51. The Morgan fingerprint density at radius 3 is 2.36 bits per heavy atom. The number of halogens is 2. The van der Waals surface area contributed by atoms with Gasteiger partial charge < -0.3 is 4.74 Å². The van der Waals surface area contributed by atoms with Gasteiger partial charge in [0.2, 0.25) is 5.88 Å². The molecule has 0 saturated carbocycles. The normalized spacial score (nSPS) is 9.64. The number of ether oxygens (including phenoxy) is 1. The van der Waals surface area contributed by atoms with Crippen molar-refractivity contribution in [2.45, 2.75) is 33.7 Å². The molecule has 1 aromatic heterocycles. The Balaban J connectivity index is 0.000000791. The Hall–Kier alpha value is -1.13. The van der Waals surface area contributed by atoms with Gasteiger partial charge in [-0.3, -0.25) is 0 Å². The molecule has 0 saturated heterocycles. The Morgan fingerprint density at radius 2 is 2.07 bits per heavy atom. The summed E-state index contributed by atoms with van der Waals surface area (Å²) in [5.74, 6) is 0.0989. The molecule has 0 unspecified atom stereocenters. The molecule has 1 heterocycles. The van der Waals surface area contributed by atoms with Gasteiger partial charge in [-0.1, -0.05) is 20.8 Å². The molecule has 0 atom stereocenters. The summed E-state index contributed by atoms with van der Waals surface area (Å²) in [6, 6.07) is 1.51. The van der Waals surface area contributed by atoms with E-state index < -0.39 is 6.55 Å². The minimum absolute atomic E-state index is 0.0989. The van der Waals surface area contributed by atoms with E-state index in [0.717, 1.165) is 0 Å². The molecule has 0 aromatic carbocycles. The Kier molecular flexibility index (Phi) is 5.83. The van der Waals surface area contributed by atoms with E-state index in [1.807, 2.05) is 20.8 Å². The highest BCUT2D eigenvalue weighted by atomic mass is 19.3. The molecule has 14 heavy (non-hydrogen) atoms. The van der Waals surface area contributed by atoms with Gasteiger partial charge in [-0.2, -0.15) is 18.6 Å². The largest absolute Gasteiger partial charge is 0.481 e. The molecule has 1 aromatic rings. The van der Waals surface area contributed by atoms with Crippen molar-refractivity contribution < 1.29 is 13.5 Å². The van der Waals surface area contributed by atoms with Crippen molar-refractivity contribution in [2.75, 3.05) is 7.11 Å². The number of nitrogens with zero attached hydrogens (tertiary/aromatic N) is 2. The molecule has 1 rings (SSSR count). The lowest BCUT2D eigenvalue weighted by molar-refractivity contribution is 0.0475. The van der Waals surface area contributed by atoms with Gasteiger partial charge in [0.05, 0.1) is 12.8 Å². The molecule has 5 heteroatoms. The second-order valence-electron chi connectivity index (χ2n) is 2.25. The van der Waals surface area contributed by atoms with Crippen LogP contribution < -0.4 is 4.74 Å². The molecule has 0 spiro atoms. The zero-order valence-corrected chi connectivity index (χ0v) is 8.92. The average Bonchev–Trinajstić information content (AvgIpc) is 2.64. The van der Waals surface area contributed by atoms with Crippen molar-refractivity contribution >= 4 is 0 Å². The maximum absolute atomic E-state index is 12.2. The third-order valence-corrected chi connectivity index (χ3v) is 1.51. The molecule has 0 bridgehead atoms. The summed E-state index contributed by atoms with van der Waals surface area (Å²) in [6.07, 6.45) is 0.621. The smallest absolute Gasteiger partial charge is 0.336 e. The quantitative estimate of drug-likeness (QED) is 0.760. The predicted octanol–water partition coefficient (Wildman–Crippen LogP) is 2.88. The first-order chi connectivity index (χ1) is 6.69. The van der Waals surface area contributed by atoms with Gasteiger partial charge in [-0.15, -0.1) is 0 Å². The Labute approximate surface area is 82.7 Å². The fourth-order valence-corrected chi connectivity index (χ4v) is 0.890. The Morgan fingerprint density at radius 1 is 1.50 bits per heavy atom. The molecule has 0 N–H and O–H groups in total. The monoisotopic (exact) mass is 206 g/mol. The molecule has 0 aliphatic carbocycles. The summed E-state index contributed by atoms with van der Waals surface area (Å²) in [4.78, 5) is 0. The lowest BCUT2D eigenvalue weighted by atomic mass is 10.3. The van der Waals surface area contributed by atoms with Gasteiger partial charge in [0.1, 0.15) is 0 Å².